The highest BCUT2D eigenvalue weighted by Crippen LogP contribution is 2.12. The number of hydrogen-bond donors (Lipinski definition) is 0. The standard InChI is InChI=1S/C10H15N5/c1-8(2)10-11-4-5-15(10)7-9-6-14(3)13-12-9/h4-6,8H,7H2,1-3H3. The third-order valence-electron chi connectivity index (χ3n) is 2.25. The molecule has 15 heavy (non-hydrogen) atoms. The highest BCUT2D eigenvalue weighted by Gasteiger charge is 2.08. The smallest absolute Gasteiger partial charge is 0.111 e. The Bertz CT molecular complexity index is 440. The molecule has 2 heterocycles. The first-order valence-corrected chi connectivity index (χ1v) is 5.03. The minimum absolute atomic E-state index is 0.427. The Hall–Kier alpha value is -1.65. The van der Waals surface area contributed by atoms with Gasteiger partial charge in [-0.25, -0.2) is 4.98 Å². The molecule has 0 aliphatic carbocycles. The minimum Gasteiger partial charge on any atom is -0.329 e. The van der Waals surface area contributed by atoms with Crippen LogP contribution in [-0.2, 0) is 13.6 Å². The van der Waals surface area contributed by atoms with Gasteiger partial charge in [0.2, 0.25) is 0 Å². The van der Waals surface area contributed by atoms with Crippen molar-refractivity contribution in [3.63, 3.8) is 0 Å². The zero-order valence-electron chi connectivity index (χ0n) is 9.25. The van der Waals surface area contributed by atoms with E-state index in [9.17, 15) is 0 Å². The maximum absolute atomic E-state index is 4.33. The Morgan fingerprint density at radius 2 is 2.20 bits per heavy atom. The zero-order chi connectivity index (χ0) is 10.8. The van der Waals surface area contributed by atoms with Gasteiger partial charge in [-0.3, -0.25) is 4.68 Å². The molecule has 0 saturated carbocycles. The Balaban J connectivity index is 2.20. The third kappa shape index (κ3) is 2.06. The first-order chi connectivity index (χ1) is 7.16. The first kappa shape index (κ1) is 9.89. The highest BCUT2D eigenvalue weighted by molar-refractivity contribution is 5.02. The summed E-state index contributed by atoms with van der Waals surface area (Å²) in [6.45, 7) is 5.01. The van der Waals surface area contributed by atoms with Gasteiger partial charge in [-0.2, -0.15) is 0 Å². The van der Waals surface area contributed by atoms with Crippen LogP contribution in [0.5, 0.6) is 0 Å². The van der Waals surface area contributed by atoms with Crippen molar-refractivity contribution < 1.29 is 0 Å². The van der Waals surface area contributed by atoms with Crippen molar-refractivity contribution in [1.82, 2.24) is 24.5 Å². The molecule has 0 bridgehead atoms. The molecule has 0 saturated heterocycles. The van der Waals surface area contributed by atoms with E-state index in [1.807, 2.05) is 25.6 Å². The number of aromatic nitrogens is 5. The molecule has 0 spiro atoms. The lowest BCUT2D eigenvalue weighted by molar-refractivity contribution is 0.658. The molecule has 0 radical (unpaired) electrons. The lowest BCUT2D eigenvalue weighted by Crippen LogP contribution is -2.06. The van der Waals surface area contributed by atoms with E-state index in [1.54, 1.807) is 4.68 Å². The number of imidazole rings is 1. The summed E-state index contributed by atoms with van der Waals surface area (Å²) in [5.74, 6) is 1.51. The molecule has 0 amide bonds. The van der Waals surface area contributed by atoms with Gasteiger partial charge in [0.1, 0.15) is 11.5 Å². The van der Waals surface area contributed by atoms with Gasteiger partial charge in [-0.05, 0) is 0 Å². The average Bonchev–Trinajstić information content (AvgIpc) is 2.75. The van der Waals surface area contributed by atoms with Gasteiger partial charge in [0.25, 0.3) is 0 Å². The van der Waals surface area contributed by atoms with Crippen molar-refractivity contribution in [2.75, 3.05) is 0 Å². The van der Waals surface area contributed by atoms with E-state index >= 15 is 0 Å². The number of nitrogens with zero attached hydrogens (tertiary/aromatic N) is 5. The molecular weight excluding hydrogens is 190 g/mol. The average molecular weight is 205 g/mol. The monoisotopic (exact) mass is 205 g/mol. The lowest BCUT2D eigenvalue weighted by Gasteiger charge is -2.07. The van der Waals surface area contributed by atoms with Crippen molar-refractivity contribution >= 4 is 0 Å². The lowest BCUT2D eigenvalue weighted by atomic mass is 10.2. The third-order valence-corrected chi connectivity index (χ3v) is 2.25. The number of rotatable bonds is 3. The second-order valence-electron chi connectivity index (χ2n) is 3.95. The van der Waals surface area contributed by atoms with Crippen LogP contribution in [0.1, 0.15) is 31.3 Å². The predicted octanol–water partition coefficient (Wildman–Crippen LogP) is 1.18. The molecular formula is C10H15N5. The normalized spacial score (nSPS) is 11.2. The zero-order valence-corrected chi connectivity index (χ0v) is 9.25. The maximum Gasteiger partial charge on any atom is 0.111 e. The van der Waals surface area contributed by atoms with Crippen molar-refractivity contribution in [3.8, 4) is 0 Å². The summed E-state index contributed by atoms with van der Waals surface area (Å²) in [7, 11) is 1.87. The molecule has 0 unspecified atom stereocenters. The largest absolute Gasteiger partial charge is 0.329 e. The Kier molecular flexibility index (Phi) is 2.53. The molecule has 2 rings (SSSR count). The highest BCUT2D eigenvalue weighted by atomic mass is 15.4. The molecule has 0 fully saturated rings. The van der Waals surface area contributed by atoms with Crippen LogP contribution in [0, 0.1) is 0 Å². The molecule has 0 atom stereocenters. The molecule has 0 N–H and O–H groups in total. The van der Waals surface area contributed by atoms with E-state index in [4.69, 9.17) is 0 Å². The molecule has 80 valence electrons. The Morgan fingerprint density at radius 1 is 1.40 bits per heavy atom. The fourth-order valence-corrected chi connectivity index (χ4v) is 1.60. The van der Waals surface area contributed by atoms with E-state index in [0.717, 1.165) is 18.1 Å². The topological polar surface area (TPSA) is 48.5 Å². The molecule has 0 aliphatic rings. The predicted molar refractivity (Wildman–Crippen MR) is 56.4 cm³/mol. The molecule has 0 aromatic carbocycles. The van der Waals surface area contributed by atoms with Gasteiger partial charge >= 0.3 is 0 Å². The Labute approximate surface area is 88.7 Å². The van der Waals surface area contributed by atoms with Crippen LogP contribution in [0.2, 0.25) is 0 Å². The van der Waals surface area contributed by atoms with Gasteiger partial charge in [0, 0.05) is 31.6 Å². The van der Waals surface area contributed by atoms with E-state index in [0.29, 0.717) is 5.92 Å². The van der Waals surface area contributed by atoms with Crippen LogP contribution in [-0.4, -0.2) is 24.5 Å². The maximum atomic E-state index is 4.33. The van der Waals surface area contributed by atoms with E-state index in [1.165, 1.54) is 0 Å². The van der Waals surface area contributed by atoms with Gasteiger partial charge in [0.15, 0.2) is 0 Å². The van der Waals surface area contributed by atoms with Crippen LogP contribution < -0.4 is 0 Å². The van der Waals surface area contributed by atoms with Crippen LogP contribution in [0.3, 0.4) is 0 Å². The van der Waals surface area contributed by atoms with Gasteiger partial charge in [0.05, 0.1) is 6.54 Å². The van der Waals surface area contributed by atoms with Crippen LogP contribution in [0.15, 0.2) is 18.6 Å². The van der Waals surface area contributed by atoms with E-state index < -0.39 is 0 Å². The van der Waals surface area contributed by atoms with Crippen molar-refractivity contribution in [2.24, 2.45) is 7.05 Å². The van der Waals surface area contributed by atoms with Gasteiger partial charge in [-0.15, -0.1) is 5.10 Å². The van der Waals surface area contributed by atoms with Crippen molar-refractivity contribution in [3.05, 3.63) is 30.1 Å². The van der Waals surface area contributed by atoms with Crippen LogP contribution in [0.4, 0.5) is 0 Å². The summed E-state index contributed by atoms with van der Waals surface area (Å²) < 4.78 is 3.82. The summed E-state index contributed by atoms with van der Waals surface area (Å²) in [5.41, 5.74) is 0.956. The SMILES string of the molecule is CC(C)c1nccn1Cc1cn(C)nn1. The fraction of sp³-hybridized carbons (Fsp3) is 0.500. The fourth-order valence-electron chi connectivity index (χ4n) is 1.60. The second-order valence-corrected chi connectivity index (χ2v) is 3.95. The Morgan fingerprint density at radius 3 is 2.80 bits per heavy atom. The first-order valence-electron chi connectivity index (χ1n) is 5.03. The molecule has 2 aromatic rings. The van der Waals surface area contributed by atoms with Gasteiger partial charge < -0.3 is 4.57 Å². The quantitative estimate of drug-likeness (QED) is 0.756. The minimum atomic E-state index is 0.427. The van der Waals surface area contributed by atoms with Crippen LogP contribution in [0.25, 0.3) is 0 Å². The van der Waals surface area contributed by atoms with Gasteiger partial charge in [-0.1, -0.05) is 19.1 Å². The van der Waals surface area contributed by atoms with E-state index in [2.05, 4.69) is 33.7 Å². The molecule has 0 aliphatic heterocycles. The summed E-state index contributed by atoms with van der Waals surface area (Å²) in [4.78, 5) is 4.33. The molecule has 5 nitrogen and oxygen atoms in total. The molecule has 2 aromatic heterocycles. The summed E-state index contributed by atoms with van der Waals surface area (Å²) in [6, 6.07) is 0. The summed E-state index contributed by atoms with van der Waals surface area (Å²) in [6.07, 6.45) is 5.72. The van der Waals surface area contributed by atoms with Crippen molar-refractivity contribution in [1.29, 1.82) is 0 Å². The molecule has 5 heteroatoms. The second kappa shape index (κ2) is 3.84. The van der Waals surface area contributed by atoms with E-state index in [-0.39, 0.29) is 0 Å². The number of aryl methyl sites for hydroxylation is 1. The number of hydrogen-bond acceptors (Lipinski definition) is 3. The summed E-state index contributed by atoms with van der Waals surface area (Å²) in [5, 5.41) is 7.96. The summed E-state index contributed by atoms with van der Waals surface area (Å²) >= 11 is 0. The van der Waals surface area contributed by atoms with Crippen molar-refractivity contribution in [2.45, 2.75) is 26.3 Å². The van der Waals surface area contributed by atoms with Crippen LogP contribution >= 0.6 is 0 Å².